The van der Waals surface area contributed by atoms with Gasteiger partial charge in [-0.25, -0.2) is 0 Å². The summed E-state index contributed by atoms with van der Waals surface area (Å²) in [5, 5.41) is 0. The van der Waals surface area contributed by atoms with Crippen LogP contribution in [0.25, 0.3) is 11.3 Å². The Labute approximate surface area is 120 Å². The van der Waals surface area contributed by atoms with E-state index in [1.807, 2.05) is 0 Å². The first-order valence-corrected chi connectivity index (χ1v) is 7.02. The first-order valence-electron chi connectivity index (χ1n) is 7.02. The summed E-state index contributed by atoms with van der Waals surface area (Å²) in [4.78, 5) is 0. The average molecular weight is 261 g/mol. The van der Waals surface area contributed by atoms with Crippen LogP contribution in [-0.4, -0.2) is 4.57 Å². The minimum atomic E-state index is 0.921. The van der Waals surface area contributed by atoms with Gasteiger partial charge in [0.2, 0.25) is 0 Å². The molecule has 0 aliphatic carbocycles. The molecule has 0 saturated carbocycles. The van der Waals surface area contributed by atoms with Gasteiger partial charge in [0.25, 0.3) is 0 Å². The topological polar surface area (TPSA) is 4.93 Å². The fraction of sp³-hybridized carbons (Fsp3) is 0.158. The van der Waals surface area contributed by atoms with Gasteiger partial charge in [-0.2, -0.15) is 0 Å². The summed E-state index contributed by atoms with van der Waals surface area (Å²) in [5.41, 5.74) is 6.60. The third-order valence-corrected chi connectivity index (χ3v) is 3.73. The maximum atomic E-state index is 2.40. The van der Waals surface area contributed by atoms with Crippen molar-refractivity contribution in [1.29, 1.82) is 0 Å². The van der Waals surface area contributed by atoms with E-state index in [0.29, 0.717) is 0 Å². The molecule has 1 heterocycles. The van der Waals surface area contributed by atoms with Crippen molar-refractivity contribution in [2.45, 2.75) is 20.4 Å². The summed E-state index contributed by atoms with van der Waals surface area (Å²) in [6, 6.07) is 23.5. The minimum absolute atomic E-state index is 0.921. The largest absolute Gasteiger partial charge is 0.340 e. The first-order chi connectivity index (χ1) is 9.75. The van der Waals surface area contributed by atoms with Gasteiger partial charge >= 0.3 is 0 Å². The Bertz CT molecular complexity index is 693. The van der Waals surface area contributed by atoms with Crippen molar-refractivity contribution in [3.63, 3.8) is 0 Å². The Hall–Kier alpha value is -2.28. The summed E-state index contributed by atoms with van der Waals surface area (Å²) in [7, 11) is 0. The number of aromatic nitrogens is 1. The van der Waals surface area contributed by atoms with E-state index in [-0.39, 0.29) is 0 Å². The van der Waals surface area contributed by atoms with Crippen LogP contribution in [0.2, 0.25) is 0 Å². The Morgan fingerprint density at radius 3 is 2.05 bits per heavy atom. The van der Waals surface area contributed by atoms with Crippen molar-refractivity contribution in [1.82, 2.24) is 4.57 Å². The number of aryl methyl sites for hydroxylation is 2. The van der Waals surface area contributed by atoms with E-state index in [1.54, 1.807) is 0 Å². The van der Waals surface area contributed by atoms with E-state index in [4.69, 9.17) is 0 Å². The summed E-state index contributed by atoms with van der Waals surface area (Å²) >= 11 is 0. The van der Waals surface area contributed by atoms with Crippen molar-refractivity contribution < 1.29 is 0 Å². The van der Waals surface area contributed by atoms with Crippen molar-refractivity contribution in [3.05, 3.63) is 83.6 Å². The molecule has 2 aromatic carbocycles. The minimum Gasteiger partial charge on any atom is -0.340 e. The molecule has 20 heavy (non-hydrogen) atoms. The van der Waals surface area contributed by atoms with Crippen LogP contribution < -0.4 is 0 Å². The highest BCUT2D eigenvalue weighted by atomic mass is 15.0. The van der Waals surface area contributed by atoms with E-state index in [9.17, 15) is 0 Å². The molecule has 0 aliphatic rings. The molecule has 0 saturated heterocycles. The highest BCUT2D eigenvalue weighted by Crippen LogP contribution is 2.27. The van der Waals surface area contributed by atoms with E-state index in [1.165, 1.54) is 28.1 Å². The molecule has 0 N–H and O–H groups in total. The Balaban J connectivity index is 2.07. The highest BCUT2D eigenvalue weighted by Gasteiger charge is 2.11. The molecule has 1 nitrogen and oxygen atoms in total. The molecule has 100 valence electrons. The van der Waals surface area contributed by atoms with Crippen LogP contribution >= 0.6 is 0 Å². The maximum absolute atomic E-state index is 2.40. The zero-order valence-electron chi connectivity index (χ0n) is 12.0. The second kappa shape index (κ2) is 5.38. The maximum Gasteiger partial charge on any atom is 0.0515 e. The quantitative estimate of drug-likeness (QED) is 0.637. The third-order valence-electron chi connectivity index (χ3n) is 3.73. The molecule has 3 aromatic rings. The fourth-order valence-corrected chi connectivity index (χ4v) is 2.80. The zero-order valence-corrected chi connectivity index (χ0v) is 12.0. The molecule has 0 atom stereocenters. The predicted octanol–water partition coefficient (Wildman–Crippen LogP) is 4.82. The molecule has 0 aliphatic heterocycles. The number of benzene rings is 2. The van der Waals surface area contributed by atoms with Crippen molar-refractivity contribution in [3.8, 4) is 11.3 Å². The molecule has 1 aromatic heterocycles. The van der Waals surface area contributed by atoms with Crippen LogP contribution in [0.1, 0.15) is 16.8 Å². The van der Waals surface area contributed by atoms with Crippen LogP contribution in [0.3, 0.4) is 0 Å². The van der Waals surface area contributed by atoms with Crippen molar-refractivity contribution >= 4 is 0 Å². The lowest BCUT2D eigenvalue weighted by Gasteiger charge is -2.13. The van der Waals surface area contributed by atoms with Gasteiger partial charge in [-0.3, -0.25) is 0 Å². The lowest BCUT2D eigenvalue weighted by atomic mass is 10.1. The van der Waals surface area contributed by atoms with Gasteiger partial charge < -0.3 is 4.57 Å². The predicted molar refractivity (Wildman–Crippen MR) is 84.9 cm³/mol. The molecule has 0 amide bonds. The second-order valence-electron chi connectivity index (χ2n) is 5.26. The smallest absolute Gasteiger partial charge is 0.0515 e. The van der Waals surface area contributed by atoms with Gasteiger partial charge in [-0.15, -0.1) is 0 Å². The normalized spacial score (nSPS) is 10.7. The summed E-state index contributed by atoms with van der Waals surface area (Å²) < 4.78 is 2.40. The van der Waals surface area contributed by atoms with Gasteiger partial charge in [-0.1, -0.05) is 60.7 Å². The van der Waals surface area contributed by atoms with Crippen molar-refractivity contribution in [2.75, 3.05) is 0 Å². The molecular weight excluding hydrogens is 242 g/mol. The van der Waals surface area contributed by atoms with E-state index in [2.05, 4.69) is 85.1 Å². The van der Waals surface area contributed by atoms with Crippen LogP contribution in [0.5, 0.6) is 0 Å². The van der Waals surface area contributed by atoms with Crippen LogP contribution in [0, 0.1) is 13.8 Å². The average Bonchev–Trinajstić information content (AvgIpc) is 2.75. The summed E-state index contributed by atoms with van der Waals surface area (Å²) in [5.74, 6) is 0. The second-order valence-corrected chi connectivity index (χ2v) is 5.26. The molecule has 0 radical (unpaired) electrons. The number of rotatable bonds is 3. The molecule has 3 rings (SSSR count). The lowest BCUT2D eigenvalue weighted by Crippen LogP contribution is -2.03. The summed E-state index contributed by atoms with van der Waals surface area (Å²) in [6.45, 7) is 5.30. The molecular formula is C19H19N. The monoisotopic (exact) mass is 261 g/mol. The standard InChI is InChI=1S/C19H19N/c1-15-13-16(2)20(14-17-9-5-3-6-10-17)19(15)18-11-7-4-8-12-18/h3-13H,14H2,1-2H3. The molecule has 0 unspecified atom stereocenters. The third kappa shape index (κ3) is 2.39. The fourth-order valence-electron chi connectivity index (χ4n) is 2.80. The van der Waals surface area contributed by atoms with Crippen LogP contribution in [0.15, 0.2) is 66.7 Å². The molecule has 0 bridgehead atoms. The Morgan fingerprint density at radius 2 is 1.40 bits per heavy atom. The van der Waals surface area contributed by atoms with Gasteiger partial charge in [0.1, 0.15) is 0 Å². The van der Waals surface area contributed by atoms with Crippen LogP contribution in [0.4, 0.5) is 0 Å². The van der Waals surface area contributed by atoms with Gasteiger partial charge in [0.15, 0.2) is 0 Å². The van der Waals surface area contributed by atoms with Gasteiger partial charge in [0, 0.05) is 12.2 Å². The van der Waals surface area contributed by atoms with Gasteiger partial charge in [0.05, 0.1) is 5.69 Å². The first kappa shape index (κ1) is 12.7. The molecule has 1 heteroatoms. The SMILES string of the molecule is Cc1cc(C)n(Cc2ccccc2)c1-c1ccccc1. The Morgan fingerprint density at radius 1 is 0.800 bits per heavy atom. The Kier molecular flexibility index (Phi) is 3.42. The zero-order chi connectivity index (χ0) is 13.9. The van der Waals surface area contributed by atoms with E-state index >= 15 is 0 Å². The number of nitrogens with zero attached hydrogens (tertiary/aromatic N) is 1. The van der Waals surface area contributed by atoms with E-state index in [0.717, 1.165) is 6.54 Å². The van der Waals surface area contributed by atoms with Crippen LogP contribution in [-0.2, 0) is 6.54 Å². The molecule has 0 fully saturated rings. The summed E-state index contributed by atoms with van der Waals surface area (Å²) in [6.07, 6.45) is 0. The lowest BCUT2D eigenvalue weighted by molar-refractivity contribution is 0.783. The number of hydrogen-bond donors (Lipinski definition) is 0. The van der Waals surface area contributed by atoms with Gasteiger partial charge in [-0.05, 0) is 36.6 Å². The molecule has 0 spiro atoms. The number of hydrogen-bond acceptors (Lipinski definition) is 0. The van der Waals surface area contributed by atoms with Crippen molar-refractivity contribution in [2.24, 2.45) is 0 Å². The van der Waals surface area contributed by atoms with E-state index < -0.39 is 0 Å². The highest BCUT2D eigenvalue weighted by molar-refractivity contribution is 5.65.